The molecule has 0 bridgehead atoms. The van der Waals surface area contributed by atoms with Crippen molar-refractivity contribution in [3.8, 4) is 0 Å². The van der Waals surface area contributed by atoms with Crippen LogP contribution in [0, 0.1) is 0 Å². The van der Waals surface area contributed by atoms with Gasteiger partial charge in [-0.15, -0.1) is 0 Å². The van der Waals surface area contributed by atoms with Gasteiger partial charge >= 0.3 is 0 Å². The Morgan fingerprint density at radius 3 is 2.92 bits per heavy atom. The van der Waals surface area contributed by atoms with Crippen molar-refractivity contribution in [1.29, 1.82) is 0 Å². The number of Topliss-reactive ketones (excluding diaryl/α,β-unsaturated/α-hetero) is 1. The van der Waals surface area contributed by atoms with Gasteiger partial charge in [0, 0.05) is 16.8 Å². The Kier molecular flexibility index (Phi) is 2.24. The van der Waals surface area contributed by atoms with Crippen LogP contribution in [-0.4, -0.2) is 5.78 Å². The molecule has 13 heavy (non-hydrogen) atoms. The van der Waals surface area contributed by atoms with Gasteiger partial charge in [-0.3, -0.25) is 4.79 Å². The topological polar surface area (TPSA) is 17.1 Å². The van der Waals surface area contributed by atoms with Crippen LogP contribution >= 0.6 is 15.9 Å². The van der Waals surface area contributed by atoms with Crippen molar-refractivity contribution >= 4 is 21.7 Å². The maximum absolute atomic E-state index is 11.4. The Balaban J connectivity index is 2.49. The lowest BCUT2D eigenvalue weighted by molar-refractivity contribution is -0.120. The molecule has 0 heterocycles. The quantitative estimate of drug-likeness (QED) is 0.679. The van der Waals surface area contributed by atoms with Crippen molar-refractivity contribution in [2.24, 2.45) is 0 Å². The number of benzene rings is 1. The van der Waals surface area contributed by atoms with E-state index in [4.69, 9.17) is 0 Å². The zero-order chi connectivity index (χ0) is 9.42. The van der Waals surface area contributed by atoms with Gasteiger partial charge < -0.3 is 0 Å². The lowest BCUT2D eigenvalue weighted by Crippen LogP contribution is -2.17. The minimum atomic E-state index is 0.0943. The SMILES string of the molecule is CC1C(=O)CCc2cc(Br)ccc21. The molecule has 0 aromatic heterocycles. The van der Waals surface area contributed by atoms with Crippen molar-refractivity contribution in [3.05, 3.63) is 33.8 Å². The Hall–Kier alpha value is -0.630. The summed E-state index contributed by atoms with van der Waals surface area (Å²) in [4.78, 5) is 11.4. The second-order valence-corrected chi connectivity index (χ2v) is 4.45. The number of aryl methyl sites for hydroxylation is 1. The van der Waals surface area contributed by atoms with Crippen LogP contribution in [0.15, 0.2) is 22.7 Å². The Morgan fingerprint density at radius 1 is 1.38 bits per heavy atom. The molecule has 0 N–H and O–H groups in total. The fourth-order valence-electron chi connectivity index (χ4n) is 1.86. The lowest BCUT2D eigenvalue weighted by Gasteiger charge is -2.21. The largest absolute Gasteiger partial charge is 0.299 e. The van der Waals surface area contributed by atoms with Crippen LogP contribution in [0.2, 0.25) is 0 Å². The number of halogens is 1. The van der Waals surface area contributed by atoms with E-state index in [1.807, 2.05) is 13.0 Å². The van der Waals surface area contributed by atoms with Crippen LogP contribution < -0.4 is 0 Å². The molecule has 1 aromatic carbocycles. The molecule has 1 aliphatic carbocycles. The highest BCUT2D eigenvalue weighted by Gasteiger charge is 2.23. The van der Waals surface area contributed by atoms with E-state index in [2.05, 4.69) is 28.1 Å². The average molecular weight is 239 g/mol. The number of rotatable bonds is 0. The molecule has 0 fully saturated rings. The molecule has 1 unspecified atom stereocenters. The third-order valence-corrected chi connectivity index (χ3v) is 3.19. The van der Waals surface area contributed by atoms with Crippen LogP contribution in [-0.2, 0) is 11.2 Å². The fraction of sp³-hybridized carbons (Fsp3) is 0.364. The van der Waals surface area contributed by atoms with Crippen LogP contribution in [0.1, 0.15) is 30.4 Å². The van der Waals surface area contributed by atoms with Crippen molar-refractivity contribution < 1.29 is 4.79 Å². The van der Waals surface area contributed by atoms with Crippen LogP contribution in [0.3, 0.4) is 0 Å². The summed E-state index contributed by atoms with van der Waals surface area (Å²) in [5, 5.41) is 0. The van der Waals surface area contributed by atoms with Gasteiger partial charge in [-0.1, -0.05) is 28.9 Å². The molecule has 2 heteroatoms. The third-order valence-electron chi connectivity index (χ3n) is 2.70. The van der Waals surface area contributed by atoms with Crippen molar-refractivity contribution in [2.45, 2.75) is 25.7 Å². The second kappa shape index (κ2) is 3.26. The van der Waals surface area contributed by atoms with Crippen LogP contribution in [0.4, 0.5) is 0 Å². The Labute approximate surface area is 86.3 Å². The van der Waals surface area contributed by atoms with Gasteiger partial charge in [-0.2, -0.15) is 0 Å². The molecule has 1 atom stereocenters. The zero-order valence-electron chi connectivity index (χ0n) is 7.51. The van der Waals surface area contributed by atoms with Gasteiger partial charge in [0.1, 0.15) is 5.78 Å². The number of hydrogen-bond donors (Lipinski definition) is 0. The van der Waals surface area contributed by atoms with Gasteiger partial charge in [-0.05, 0) is 29.7 Å². The highest BCUT2D eigenvalue weighted by molar-refractivity contribution is 9.10. The van der Waals surface area contributed by atoms with E-state index in [1.54, 1.807) is 0 Å². The minimum Gasteiger partial charge on any atom is -0.299 e. The van der Waals surface area contributed by atoms with E-state index in [0.29, 0.717) is 12.2 Å². The van der Waals surface area contributed by atoms with E-state index >= 15 is 0 Å². The Bertz CT molecular complexity index is 357. The summed E-state index contributed by atoms with van der Waals surface area (Å²) < 4.78 is 1.10. The van der Waals surface area contributed by atoms with Gasteiger partial charge in [0.25, 0.3) is 0 Å². The smallest absolute Gasteiger partial charge is 0.140 e. The number of ketones is 1. The maximum Gasteiger partial charge on any atom is 0.140 e. The molecule has 0 saturated carbocycles. The number of carbonyl (C=O) groups excluding carboxylic acids is 1. The molecule has 1 aromatic rings. The predicted molar refractivity (Wildman–Crippen MR) is 55.9 cm³/mol. The predicted octanol–water partition coefficient (Wildman–Crippen LogP) is 3.07. The van der Waals surface area contributed by atoms with Crippen molar-refractivity contribution in [2.75, 3.05) is 0 Å². The molecule has 0 saturated heterocycles. The van der Waals surface area contributed by atoms with Gasteiger partial charge in [-0.25, -0.2) is 0 Å². The Morgan fingerprint density at radius 2 is 2.15 bits per heavy atom. The first kappa shape index (κ1) is 8.95. The minimum absolute atomic E-state index is 0.0943. The summed E-state index contributed by atoms with van der Waals surface area (Å²) in [5.74, 6) is 0.465. The summed E-state index contributed by atoms with van der Waals surface area (Å²) in [6, 6.07) is 6.19. The molecule has 2 rings (SSSR count). The first-order chi connectivity index (χ1) is 6.18. The molecule has 68 valence electrons. The molecule has 1 aliphatic rings. The number of carbonyl (C=O) groups is 1. The van der Waals surface area contributed by atoms with Crippen LogP contribution in [0.5, 0.6) is 0 Å². The average Bonchev–Trinajstić information content (AvgIpc) is 2.12. The maximum atomic E-state index is 11.4. The third kappa shape index (κ3) is 1.55. The summed E-state index contributed by atoms with van der Waals surface area (Å²) in [6.07, 6.45) is 1.60. The molecule has 0 radical (unpaired) electrons. The van der Waals surface area contributed by atoms with Crippen molar-refractivity contribution in [3.63, 3.8) is 0 Å². The normalized spacial score (nSPS) is 21.4. The van der Waals surface area contributed by atoms with E-state index in [9.17, 15) is 4.79 Å². The second-order valence-electron chi connectivity index (χ2n) is 3.53. The summed E-state index contributed by atoms with van der Waals surface area (Å²) in [7, 11) is 0. The molecule has 0 spiro atoms. The summed E-state index contributed by atoms with van der Waals surface area (Å²) >= 11 is 3.44. The van der Waals surface area contributed by atoms with E-state index in [1.165, 1.54) is 11.1 Å². The zero-order valence-corrected chi connectivity index (χ0v) is 9.10. The van der Waals surface area contributed by atoms with E-state index in [-0.39, 0.29) is 5.92 Å². The van der Waals surface area contributed by atoms with Gasteiger partial charge in [0.05, 0.1) is 0 Å². The summed E-state index contributed by atoms with van der Waals surface area (Å²) in [6.45, 7) is 1.99. The lowest BCUT2D eigenvalue weighted by atomic mass is 9.83. The summed E-state index contributed by atoms with van der Waals surface area (Å²) in [5.41, 5.74) is 2.53. The van der Waals surface area contributed by atoms with Crippen LogP contribution in [0.25, 0.3) is 0 Å². The molecule has 0 amide bonds. The molecular formula is C11H11BrO. The van der Waals surface area contributed by atoms with Gasteiger partial charge in [0.2, 0.25) is 0 Å². The first-order valence-electron chi connectivity index (χ1n) is 4.49. The number of hydrogen-bond acceptors (Lipinski definition) is 1. The monoisotopic (exact) mass is 238 g/mol. The van der Waals surface area contributed by atoms with E-state index in [0.717, 1.165) is 10.9 Å². The van der Waals surface area contributed by atoms with Crippen molar-refractivity contribution in [1.82, 2.24) is 0 Å². The van der Waals surface area contributed by atoms with E-state index < -0.39 is 0 Å². The highest BCUT2D eigenvalue weighted by atomic mass is 79.9. The number of fused-ring (bicyclic) bond motifs is 1. The highest BCUT2D eigenvalue weighted by Crippen LogP contribution is 2.30. The fourth-order valence-corrected chi connectivity index (χ4v) is 2.27. The molecule has 0 aliphatic heterocycles. The van der Waals surface area contributed by atoms with Gasteiger partial charge in [0.15, 0.2) is 0 Å². The molecular weight excluding hydrogens is 228 g/mol. The molecule has 1 nitrogen and oxygen atoms in total. The standard InChI is InChI=1S/C11H11BrO/c1-7-10-4-3-9(12)6-8(10)2-5-11(7)13/h3-4,6-7H,2,5H2,1H3. The first-order valence-corrected chi connectivity index (χ1v) is 5.29.